The van der Waals surface area contributed by atoms with Crippen molar-refractivity contribution in [2.75, 3.05) is 0 Å². The minimum absolute atomic E-state index is 0.189. The number of nitrogens with one attached hydrogen (secondary N) is 1. The second kappa shape index (κ2) is 9.97. The first-order chi connectivity index (χ1) is 15.5. The Morgan fingerprint density at radius 1 is 1.19 bits per heavy atom. The Morgan fingerprint density at radius 3 is 2.75 bits per heavy atom. The van der Waals surface area contributed by atoms with Crippen molar-refractivity contribution in [2.24, 2.45) is 5.10 Å². The van der Waals surface area contributed by atoms with Gasteiger partial charge in [0.05, 0.1) is 21.4 Å². The third-order valence-corrected chi connectivity index (χ3v) is 5.81. The van der Waals surface area contributed by atoms with Crippen molar-refractivity contribution in [3.8, 4) is 11.8 Å². The maximum atomic E-state index is 12.4. The van der Waals surface area contributed by atoms with Gasteiger partial charge >= 0.3 is 5.91 Å². The number of halogens is 2. The molecule has 0 saturated carbocycles. The van der Waals surface area contributed by atoms with Crippen LogP contribution in [0.25, 0.3) is 11.0 Å². The predicted molar refractivity (Wildman–Crippen MR) is 134 cm³/mol. The zero-order valence-electron chi connectivity index (χ0n) is 16.5. The van der Waals surface area contributed by atoms with Crippen LogP contribution in [0.1, 0.15) is 27.2 Å². The Bertz CT molecular complexity index is 1360. The minimum atomic E-state index is -0.430. The lowest BCUT2D eigenvalue weighted by Crippen LogP contribution is -2.16. The summed E-state index contributed by atoms with van der Waals surface area (Å²) in [6.07, 6.45) is 1.54. The van der Waals surface area contributed by atoms with Crippen LogP contribution in [0.5, 0.6) is 5.75 Å². The molecule has 32 heavy (non-hydrogen) atoms. The number of ether oxygens (including phenoxy) is 1. The first kappa shape index (κ1) is 22.0. The molecule has 1 amide bonds. The van der Waals surface area contributed by atoms with E-state index in [4.69, 9.17) is 14.4 Å². The van der Waals surface area contributed by atoms with E-state index in [0.29, 0.717) is 23.5 Å². The highest BCUT2D eigenvalue weighted by molar-refractivity contribution is 14.1. The summed E-state index contributed by atoms with van der Waals surface area (Å²) in [5.74, 6) is 0.428. The summed E-state index contributed by atoms with van der Waals surface area (Å²) in [5, 5.41) is 14.0. The Hall–Kier alpha value is -3.16. The van der Waals surface area contributed by atoms with Crippen molar-refractivity contribution in [1.29, 1.82) is 5.26 Å². The Morgan fingerprint density at radius 2 is 1.97 bits per heavy atom. The number of hydrogen-bond acceptors (Lipinski definition) is 5. The second-order valence-electron chi connectivity index (χ2n) is 6.74. The smallest absolute Gasteiger partial charge is 0.307 e. The molecule has 0 aliphatic carbocycles. The zero-order valence-corrected chi connectivity index (χ0v) is 20.3. The van der Waals surface area contributed by atoms with Crippen LogP contribution in [-0.4, -0.2) is 12.1 Å². The molecule has 0 fully saturated rings. The topological polar surface area (TPSA) is 87.6 Å². The third kappa shape index (κ3) is 5.18. The molecule has 0 atom stereocenters. The molecule has 0 aliphatic heterocycles. The van der Waals surface area contributed by atoms with Crippen LogP contribution in [0.3, 0.4) is 0 Å². The summed E-state index contributed by atoms with van der Waals surface area (Å²) in [6.45, 7) is 0.306. The number of benzene rings is 3. The van der Waals surface area contributed by atoms with E-state index in [1.165, 1.54) is 6.21 Å². The van der Waals surface area contributed by atoms with E-state index in [2.05, 4.69) is 55.1 Å². The lowest BCUT2D eigenvalue weighted by atomic mass is 10.1. The Kier molecular flexibility index (Phi) is 6.87. The number of furan rings is 1. The second-order valence-corrected chi connectivity index (χ2v) is 8.82. The molecule has 0 spiro atoms. The van der Waals surface area contributed by atoms with Gasteiger partial charge < -0.3 is 9.15 Å². The highest BCUT2D eigenvalue weighted by atomic mass is 127. The normalized spacial score (nSPS) is 10.9. The van der Waals surface area contributed by atoms with E-state index in [1.807, 2.05) is 42.5 Å². The fraction of sp³-hybridized carbons (Fsp3) is 0.0417. The van der Waals surface area contributed by atoms with Gasteiger partial charge in [0.1, 0.15) is 17.9 Å². The third-order valence-electron chi connectivity index (χ3n) is 4.55. The van der Waals surface area contributed by atoms with Gasteiger partial charge in [0.25, 0.3) is 0 Å². The van der Waals surface area contributed by atoms with E-state index < -0.39 is 5.91 Å². The van der Waals surface area contributed by atoms with Gasteiger partial charge in [-0.3, -0.25) is 4.79 Å². The molecular formula is C24H15BrIN3O3. The number of carbonyl (C=O) groups is 1. The van der Waals surface area contributed by atoms with Crippen LogP contribution in [0.4, 0.5) is 0 Å². The number of hydrogen-bond donors (Lipinski definition) is 1. The number of nitriles is 1. The average molecular weight is 600 g/mol. The Labute approximate surface area is 206 Å². The molecule has 4 rings (SSSR count). The molecule has 1 N–H and O–H groups in total. The zero-order chi connectivity index (χ0) is 22.5. The number of amides is 1. The molecule has 158 valence electrons. The molecular weight excluding hydrogens is 585 g/mol. The maximum Gasteiger partial charge on any atom is 0.307 e. The van der Waals surface area contributed by atoms with Gasteiger partial charge in [0.15, 0.2) is 5.76 Å². The number of carbonyl (C=O) groups excluding carboxylic acids is 1. The van der Waals surface area contributed by atoms with Crippen molar-refractivity contribution in [3.05, 3.63) is 97.2 Å². The lowest BCUT2D eigenvalue weighted by molar-refractivity contribution is 0.0929. The highest BCUT2D eigenvalue weighted by Gasteiger charge is 2.14. The van der Waals surface area contributed by atoms with Gasteiger partial charge in [-0.25, -0.2) is 5.43 Å². The molecule has 0 saturated heterocycles. The standard InChI is InChI=1S/C24H15BrIN3O3/c25-19-9-18-10-22(32-23(18)21(26)11-19)24(30)29-28-13-15-5-7-20(8-6-15)31-14-17-4-2-1-3-16(17)12-27/h1-11,13H,14H2,(H,29,30)/b28-13-. The number of hydrazone groups is 1. The molecule has 1 heterocycles. The number of nitrogens with zero attached hydrogens (tertiary/aromatic N) is 2. The summed E-state index contributed by atoms with van der Waals surface area (Å²) < 4.78 is 13.2. The monoisotopic (exact) mass is 599 g/mol. The fourth-order valence-corrected chi connectivity index (χ4v) is 4.64. The Balaban J connectivity index is 1.35. The first-order valence-corrected chi connectivity index (χ1v) is 11.3. The van der Waals surface area contributed by atoms with Crippen molar-refractivity contribution in [2.45, 2.75) is 6.61 Å². The summed E-state index contributed by atoms with van der Waals surface area (Å²) in [4.78, 5) is 12.4. The summed E-state index contributed by atoms with van der Waals surface area (Å²) in [6, 6.07) is 22.2. The first-order valence-electron chi connectivity index (χ1n) is 9.46. The van der Waals surface area contributed by atoms with E-state index >= 15 is 0 Å². The molecule has 3 aromatic carbocycles. The van der Waals surface area contributed by atoms with Gasteiger partial charge in [-0.15, -0.1) is 0 Å². The van der Waals surface area contributed by atoms with Crippen LogP contribution < -0.4 is 10.2 Å². The van der Waals surface area contributed by atoms with Crippen molar-refractivity contribution in [1.82, 2.24) is 5.43 Å². The van der Waals surface area contributed by atoms with Crippen LogP contribution in [0.15, 0.2) is 80.7 Å². The number of fused-ring (bicyclic) bond motifs is 1. The predicted octanol–water partition coefficient (Wildman–Crippen LogP) is 6.01. The summed E-state index contributed by atoms with van der Waals surface area (Å²) in [5.41, 5.74) is 5.36. The van der Waals surface area contributed by atoms with E-state index in [0.717, 1.165) is 24.6 Å². The lowest BCUT2D eigenvalue weighted by Gasteiger charge is -2.07. The SMILES string of the molecule is N#Cc1ccccc1COc1ccc(/C=N\NC(=O)c2cc3cc(Br)cc(I)c3o2)cc1. The summed E-state index contributed by atoms with van der Waals surface area (Å²) in [7, 11) is 0. The van der Waals surface area contributed by atoms with E-state index in [-0.39, 0.29) is 5.76 Å². The average Bonchev–Trinajstić information content (AvgIpc) is 3.23. The summed E-state index contributed by atoms with van der Waals surface area (Å²) >= 11 is 5.60. The van der Waals surface area contributed by atoms with Crippen molar-refractivity contribution in [3.63, 3.8) is 0 Å². The largest absolute Gasteiger partial charge is 0.489 e. The molecule has 0 unspecified atom stereocenters. The van der Waals surface area contributed by atoms with Gasteiger partial charge in [-0.2, -0.15) is 10.4 Å². The quantitative estimate of drug-likeness (QED) is 0.167. The van der Waals surface area contributed by atoms with Gasteiger partial charge in [-0.1, -0.05) is 34.1 Å². The van der Waals surface area contributed by atoms with E-state index in [9.17, 15) is 4.79 Å². The van der Waals surface area contributed by atoms with Gasteiger partial charge in [-0.05, 0) is 76.7 Å². The molecule has 8 heteroatoms. The highest BCUT2D eigenvalue weighted by Crippen LogP contribution is 2.28. The number of rotatable bonds is 6. The van der Waals surface area contributed by atoms with Crippen molar-refractivity contribution >= 4 is 61.6 Å². The van der Waals surface area contributed by atoms with Crippen LogP contribution in [-0.2, 0) is 6.61 Å². The van der Waals surface area contributed by atoms with Crippen LogP contribution in [0.2, 0.25) is 0 Å². The molecule has 1 aromatic heterocycles. The molecule has 4 aromatic rings. The molecule has 0 radical (unpaired) electrons. The van der Waals surface area contributed by atoms with Crippen molar-refractivity contribution < 1.29 is 13.9 Å². The minimum Gasteiger partial charge on any atom is -0.489 e. The molecule has 6 nitrogen and oxygen atoms in total. The van der Waals surface area contributed by atoms with E-state index in [1.54, 1.807) is 24.3 Å². The maximum absolute atomic E-state index is 12.4. The van der Waals surface area contributed by atoms with Crippen LogP contribution >= 0.6 is 38.5 Å². The molecule has 0 aliphatic rings. The molecule has 0 bridgehead atoms. The van der Waals surface area contributed by atoms with Gasteiger partial charge in [0.2, 0.25) is 0 Å². The van der Waals surface area contributed by atoms with Gasteiger partial charge in [0, 0.05) is 15.4 Å². The van der Waals surface area contributed by atoms with Crippen LogP contribution in [0, 0.1) is 14.9 Å². The fourth-order valence-electron chi connectivity index (χ4n) is 2.97.